The number of rotatable bonds is 9. The zero-order chi connectivity index (χ0) is 25.4. The molecule has 2 aliphatic carbocycles. The van der Waals surface area contributed by atoms with Gasteiger partial charge in [-0.15, -0.1) is 6.58 Å². The Bertz CT molecular complexity index is 1270. The molecular weight excluding hydrogens is 464 g/mol. The zero-order valence-corrected chi connectivity index (χ0v) is 19.6. The lowest BCUT2D eigenvalue weighted by atomic mass is 9.85. The summed E-state index contributed by atoms with van der Waals surface area (Å²) in [6.07, 6.45) is 9.64. The number of ether oxygens (including phenoxy) is 2. The van der Waals surface area contributed by atoms with Gasteiger partial charge in [0, 0.05) is 17.7 Å². The molecule has 1 saturated heterocycles. The normalized spacial score (nSPS) is 24.0. The number of nitrogens with zero attached hydrogens (tertiary/aromatic N) is 4. The minimum absolute atomic E-state index is 0.116. The molecule has 36 heavy (non-hydrogen) atoms. The molecule has 2 fully saturated rings. The Labute approximate surface area is 207 Å². The molecule has 0 spiro atoms. The predicted octanol–water partition coefficient (Wildman–Crippen LogP) is 4.05. The average molecular weight is 489 g/mol. The number of pyridine rings is 1. The smallest absolute Gasteiger partial charge is 0.287 e. The van der Waals surface area contributed by atoms with Gasteiger partial charge in [0.1, 0.15) is 6.20 Å². The molecule has 4 atom stereocenters. The summed E-state index contributed by atoms with van der Waals surface area (Å²) in [6, 6.07) is 6.20. The first-order valence-electron chi connectivity index (χ1n) is 11.7. The van der Waals surface area contributed by atoms with Gasteiger partial charge < -0.3 is 9.47 Å². The van der Waals surface area contributed by atoms with E-state index in [1.54, 1.807) is 18.2 Å². The summed E-state index contributed by atoms with van der Waals surface area (Å²) < 4.78 is 11.7. The Kier molecular flexibility index (Phi) is 6.09. The van der Waals surface area contributed by atoms with Crippen molar-refractivity contribution in [3.63, 3.8) is 0 Å². The number of nitro groups is 1. The fraction of sp³-hybridized carbons (Fsp3) is 0.308. The van der Waals surface area contributed by atoms with Gasteiger partial charge in [-0.05, 0) is 49.3 Å². The standard InChI is InChI=1S/C26H24N4O6/c1-3-5-18-10-15(13-28-29-25(31)22-16-6-7-17(12-16)23(22)26(29)32)11-20(35-4-2)24(18)36-21-9-8-19(14-27-21)30(33)34/h3,6-11,13-14,16-17,22-23H,1,4-5,12H2,2H3. The van der Waals surface area contributed by atoms with Crippen LogP contribution >= 0.6 is 0 Å². The van der Waals surface area contributed by atoms with Crippen molar-refractivity contribution in [2.45, 2.75) is 19.8 Å². The Balaban J connectivity index is 1.43. The molecule has 1 aromatic heterocycles. The zero-order valence-electron chi connectivity index (χ0n) is 19.6. The van der Waals surface area contributed by atoms with Crippen LogP contribution in [0.1, 0.15) is 24.5 Å². The molecule has 2 heterocycles. The van der Waals surface area contributed by atoms with Crippen LogP contribution in [0.2, 0.25) is 0 Å². The van der Waals surface area contributed by atoms with Gasteiger partial charge in [0.25, 0.3) is 17.5 Å². The summed E-state index contributed by atoms with van der Waals surface area (Å²) in [5, 5.41) is 16.2. The van der Waals surface area contributed by atoms with Crippen molar-refractivity contribution in [2.75, 3.05) is 6.61 Å². The van der Waals surface area contributed by atoms with Crippen LogP contribution in [0.5, 0.6) is 17.4 Å². The minimum atomic E-state index is -0.538. The number of carbonyl (C=O) groups is 2. The number of hydrogen-bond acceptors (Lipinski definition) is 8. The van der Waals surface area contributed by atoms with Gasteiger partial charge in [0.05, 0.1) is 29.6 Å². The first-order chi connectivity index (χ1) is 17.4. The van der Waals surface area contributed by atoms with Crippen molar-refractivity contribution in [1.29, 1.82) is 0 Å². The lowest BCUT2D eigenvalue weighted by molar-refractivity contribution is -0.385. The number of hydrogen-bond donors (Lipinski definition) is 0. The summed E-state index contributed by atoms with van der Waals surface area (Å²) in [7, 11) is 0. The minimum Gasteiger partial charge on any atom is -0.490 e. The first kappa shape index (κ1) is 23.4. The number of benzene rings is 1. The van der Waals surface area contributed by atoms with E-state index in [9.17, 15) is 19.7 Å². The number of allylic oxidation sites excluding steroid dienone is 3. The van der Waals surface area contributed by atoms with Crippen LogP contribution in [0.3, 0.4) is 0 Å². The molecule has 4 unspecified atom stereocenters. The first-order valence-corrected chi connectivity index (χ1v) is 11.7. The number of imide groups is 1. The summed E-state index contributed by atoms with van der Waals surface area (Å²) >= 11 is 0. The van der Waals surface area contributed by atoms with Gasteiger partial charge in [-0.3, -0.25) is 19.7 Å². The highest BCUT2D eigenvalue weighted by Gasteiger charge is 2.59. The van der Waals surface area contributed by atoms with Gasteiger partial charge in [0.15, 0.2) is 11.5 Å². The molecule has 2 amide bonds. The second-order valence-electron chi connectivity index (χ2n) is 8.88. The molecule has 10 nitrogen and oxygen atoms in total. The van der Waals surface area contributed by atoms with Crippen LogP contribution in [-0.2, 0) is 16.0 Å². The number of carbonyl (C=O) groups excluding carboxylic acids is 2. The predicted molar refractivity (Wildman–Crippen MR) is 130 cm³/mol. The third-order valence-electron chi connectivity index (χ3n) is 6.73. The Morgan fingerprint density at radius 2 is 1.94 bits per heavy atom. The molecule has 184 valence electrons. The fourth-order valence-corrected chi connectivity index (χ4v) is 5.21. The Morgan fingerprint density at radius 1 is 1.22 bits per heavy atom. The monoisotopic (exact) mass is 488 g/mol. The van der Waals surface area contributed by atoms with Crippen LogP contribution in [0.4, 0.5) is 5.69 Å². The fourth-order valence-electron chi connectivity index (χ4n) is 5.21. The number of aromatic nitrogens is 1. The highest BCUT2D eigenvalue weighted by Crippen LogP contribution is 2.52. The van der Waals surface area contributed by atoms with Crippen molar-refractivity contribution in [2.24, 2.45) is 28.8 Å². The Hall–Kier alpha value is -4.34. The third-order valence-corrected chi connectivity index (χ3v) is 6.73. The largest absolute Gasteiger partial charge is 0.490 e. The van der Waals surface area contributed by atoms with Gasteiger partial charge in [-0.25, -0.2) is 4.98 Å². The van der Waals surface area contributed by atoms with Crippen LogP contribution in [0, 0.1) is 33.8 Å². The van der Waals surface area contributed by atoms with E-state index in [0.717, 1.165) is 17.6 Å². The molecule has 1 aromatic carbocycles. The van der Waals surface area contributed by atoms with Crippen molar-refractivity contribution >= 4 is 23.7 Å². The summed E-state index contributed by atoms with van der Waals surface area (Å²) in [4.78, 5) is 40.2. The maximum absolute atomic E-state index is 12.9. The summed E-state index contributed by atoms with van der Waals surface area (Å²) in [5.41, 5.74) is 1.16. The van der Waals surface area contributed by atoms with Crippen molar-refractivity contribution in [3.05, 3.63) is 76.5 Å². The van der Waals surface area contributed by atoms with Crippen molar-refractivity contribution in [1.82, 2.24) is 9.99 Å². The maximum Gasteiger partial charge on any atom is 0.287 e. The topological polar surface area (TPSA) is 124 Å². The van der Waals surface area contributed by atoms with Gasteiger partial charge >= 0.3 is 0 Å². The molecular formula is C26H24N4O6. The van der Waals surface area contributed by atoms with E-state index in [1.165, 1.54) is 18.3 Å². The van der Waals surface area contributed by atoms with Crippen molar-refractivity contribution < 1.29 is 24.0 Å². The van der Waals surface area contributed by atoms with E-state index in [2.05, 4.69) is 16.7 Å². The molecule has 0 N–H and O–H groups in total. The highest BCUT2D eigenvalue weighted by molar-refractivity contribution is 6.06. The van der Waals surface area contributed by atoms with Gasteiger partial charge in [-0.2, -0.15) is 10.1 Å². The maximum atomic E-state index is 12.9. The highest BCUT2D eigenvalue weighted by atomic mass is 16.6. The molecule has 2 bridgehead atoms. The third kappa shape index (κ3) is 4.04. The number of amides is 2. The van der Waals surface area contributed by atoms with Crippen LogP contribution < -0.4 is 9.47 Å². The number of fused-ring (bicyclic) bond motifs is 5. The molecule has 2 aromatic rings. The van der Waals surface area contributed by atoms with Crippen LogP contribution in [-0.4, -0.2) is 39.6 Å². The lowest BCUT2D eigenvalue weighted by Gasteiger charge is -2.16. The van der Waals surface area contributed by atoms with Crippen LogP contribution in [0.15, 0.2) is 60.4 Å². The summed E-state index contributed by atoms with van der Waals surface area (Å²) in [6.45, 7) is 5.97. The molecule has 1 saturated carbocycles. The SMILES string of the molecule is C=CCc1cc(C=NN2C(=O)C3C4C=CC(C4)C3C2=O)cc(OCC)c1Oc1ccc([N+](=O)[O-])cn1. The van der Waals surface area contributed by atoms with E-state index in [0.29, 0.717) is 35.7 Å². The average Bonchev–Trinajstić information content (AvgIpc) is 3.54. The lowest BCUT2D eigenvalue weighted by Crippen LogP contribution is -2.28. The second kappa shape index (κ2) is 9.37. The molecule has 0 radical (unpaired) electrons. The quantitative estimate of drug-likeness (QED) is 0.171. The number of hydrazone groups is 1. The Morgan fingerprint density at radius 3 is 2.53 bits per heavy atom. The second-order valence-corrected chi connectivity index (χ2v) is 8.88. The molecule has 5 rings (SSSR count). The molecule has 3 aliphatic rings. The van der Waals surface area contributed by atoms with Gasteiger partial charge in [0.2, 0.25) is 5.88 Å². The van der Waals surface area contributed by atoms with Gasteiger partial charge in [-0.1, -0.05) is 18.2 Å². The van der Waals surface area contributed by atoms with E-state index in [-0.39, 0.29) is 47.1 Å². The van der Waals surface area contributed by atoms with Crippen molar-refractivity contribution in [3.8, 4) is 17.4 Å². The van der Waals surface area contributed by atoms with E-state index in [4.69, 9.17) is 9.47 Å². The van der Waals surface area contributed by atoms with E-state index < -0.39 is 4.92 Å². The molecule has 1 aliphatic heterocycles. The van der Waals surface area contributed by atoms with Crippen LogP contribution in [0.25, 0.3) is 0 Å². The van der Waals surface area contributed by atoms with E-state index >= 15 is 0 Å². The summed E-state index contributed by atoms with van der Waals surface area (Å²) in [5.74, 6) is 0.0515. The van der Waals surface area contributed by atoms with E-state index in [1.807, 2.05) is 19.1 Å². The molecule has 10 heteroatoms.